The van der Waals surface area contributed by atoms with Crippen LogP contribution in [0.4, 0.5) is 5.69 Å². The van der Waals surface area contributed by atoms with Crippen LogP contribution >= 0.6 is 11.6 Å². The molecule has 0 aliphatic carbocycles. The van der Waals surface area contributed by atoms with E-state index in [0.717, 1.165) is 0 Å². The average molecular weight is 327 g/mol. The van der Waals surface area contributed by atoms with Crippen LogP contribution < -0.4 is 15.4 Å². The predicted molar refractivity (Wildman–Crippen MR) is 78.8 cm³/mol. The van der Waals surface area contributed by atoms with Crippen LogP contribution in [-0.4, -0.2) is 37.5 Å². The highest BCUT2D eigenvalue weighted by atomic mass is 35.5. The molecule has 1 aromatic carbocycles. The molecule has 7 nitrogen and oxygen atoms in total. The van der Waals surface area contributed by atoms with Crippen LogP contribution in [-0.2, 0) is 19.1 Å². The largest absolute Gasteiger partial charge is 0.495 e. The number of benzene rings is 1. The van der Waals surface area contributed by atoms with Crippen molar-refractivity contribution in [3.05, 3.63) is 23.2 Å². The van der Waals surface area contributed by atoms with Crippen molar-refractivity contribution in [2.75, 3.05) is 19.0 Å². The van der Waals surface area contributed by atoms with Gasteiger partial charge in [0.1, 0.15) is 11.8 Å². The number of halogens is 1. The number of nitrogens with one attached hydrogen (secondary N) is 2. The number of esters is 1. The van der Waals surface area contributed by atoms with Crippen LogP contribution in [0.1, 0.15) is 12.8 Å². The summed E-state index contributed by atoms with van der Waals surface area (Å²) in [5.74, 6) is -0.917. The maximum Gasteiger partial charge on any atom is 0.329 e. The maximum absolute atomic E-state index is 11.8. The first-order chi connectivity index (χ1) is 10.5. The van der Waals surface area contributed by atoms with Gasteiger partial charge in [-0.05, 0) is 24.6 Å². The smallest absolute Gasteiger partial charge is 0.329 e. The number of ether oxygens (including phenoxy) is 2. The third kappa shape index (κ3) is 4.11. The van der Waals surface area contributed by atoms with Crippen LogP contribution in [0.3, 0.4) is 0 Å². The number of amides is 2. The molecule has 22 heavy (non-hydrogen) atoms. The van der Waals surface area contributed by atoms with Gasteiger partial charge in [-0.1, -0.05) is 11.6 Å². The summed E-state index contributed by atoms with van der Waals surface area (Å²) in [6, 6.07) is 4.08. The SMILES string of the molecule is COc1ccc(Cl)cc1NC(=O)COC(=O)[C@@H]1CCC(=O)N1. The Hall–Kier alpha value is -2.28. The van der Waals surface area contributed by atoms with E-state index in [1.54, 1.807) is 12.1 Å². The van der Waals surface area contributed by atoms with Gasteiger partial charge < -0.3 is 20.1 Å². The van der Waals surface area contributed by atoms with Crippen LogP contribution in [0.25, 0.3) is 0 Å². The minimum atomic E-state index is -0.680. The molecular formula is C14H15ClN2O5. The summed E-state index contributed by atoms with van der Waals surface area (Å²) >= 11 is 5.85. The van der Waals surface area contributed by atoms with Gasteiger partial charge in [0, 0.05) is 11.4 Å². The Labute approximate surface area is 131 Å². The first kappa shape index (κ1) is 16.1. The lowest BCUT2D eigenvalue weighted by Gasteiger charge is -2.12. The molecule has 1 aliphatic rings. The first-order valence-corrected chi connectivity index (χ1v) is 6.97. The van der Waals surface area contributed by atoms with Crippen molar-refractivity contribution in [3.8, 4) is 5.75 Å². The topological polar surface area (TPSA) is 93.7 Å². The standard InChI is InChI=1S/C14H15ClN2O5/c1-21-11-4-2-8(15)6-10(11)17-13(19)7-22-14(20)9-3-5-12(18)16-9/h2,4,6,9H,3,5,7H2,1H3,(H,16,18)(H,17,19)/t9-/m0/s1. The predicted octanol–water partition coefficient (Wildman–Crippen LogP) is 1.11. The minimum absolute atomic E-state index is 0.199. The van der Waals surface area contributed by atoms with Gasteiger partial charge in [0.15, 0.2) is 6.61 Å². The molecule has 2 rings (SSSR count). The van der Waals surface area contributed by atoms with Crippen molar-refractivity contribution in [2.45, 2.75) is 18.9 Å². The summed E-state index contributed by atoms with van der Waals surface area (Å²) in [5.41, 5.74) is 0.380. The first-order valence-electron chi connectivity index (χ1n) is 6.59. The molecule has 118 valence electrons. The Morgan fingerprint density at radius 2 is 2.23 bits per heavy atom. The molecule has 0 radical (unpaired) electrons. The van der Waals surface area contributed by atoms with Gasteiger partial charge in [-0.25, -0.2) is 4.79 Å². The zero-order chi connectivity index (χ0) is 16.1. The normalized spacial score (nSPS) is 16.8. The average Bonchev–Trinajstić information content (AvgIpc) is 2.92. The summed E-state index contributed by atoms with van der Waals surface area (Å²) in [5, 5.41) is 5.45. The van der Waals surface area contributed by atoms with E-state index >= 15 is 0 Å². The number of carbonyl (C=O) groups excluding carboxylic acids is 3. The number of anilines is 1. The van der Waals surface area contributed by atoms with Crippen molar-refractivity contribution in [1.29, 1.82) is 0 Å². The number of hydrogen-bond acceptors (Lipinski definition) is 5. The number of methoxy groups -OCH3 is 1. The maximum atomic E-state index is 11.8. The van der Waals surface area contributed by atoms with Gasteiger partial charge in [0.25, 0.3) is 5.91 Å². The van der Waals surface area contributed by atoms with Crippen molar-refractivity contribution in [3.63, 3.8) is 0 Å². The van der Waals surface area contributed by atoms with Crippen molar-refractivity contribution in [2.24, 2.45) is 0 Å². The Bertz CT molecular complexity index is 605. The molecular weight excluding hydrogens is 312 g/mol. The molecule has 0 aromatic heterocycles. The highest BCUT2D eigenvalue weighted by molar-refractivity contribution is 6.31. The molecule has 1 heterocycles. The van der Waals surface area contributed by atoms with E-state index < -0.39 is 24.5 Å². The summed E-state index contributed by atoms with van der Waals surface area (Å²) in [4.78, 5) is 34.5. The number of carbonyl (C=O) groups is 3. The molecule has 1 aliphatic heterocycles. The zero-order valence-corrected chi connectivity index (χ0v) is 12.6. The fourth-order valence-corrected chi connectivity index (χ4v) is 2.16. The molecule has 2 N–H and O–H groups in total. The molecule has 1 atom stereocenters. The van der Waals surface area contributed by atoms with Crippen molar-refractivity contribution in [1.82, 2.24) is 5.32 Å². The Kier molecular flexibility index (Phi) is 5.21. The zero-order valence-electron chi connectivity index (χ0n) is 11.8. The molecule has 0 unspecified atom stereocenters. The van der Waals surface area contributed by atoms with Gasteiger partial charge in [-0.3, -0.25) is 9.59 Å². The summed E-state index contributed by atoms with van der Waals surface area (Å²) in [6.45, 7) is -0.457. The fraction of sp³-hybridized carbons (Fsp3) is 0.357. The molecule has 1 fully saturated rings. The van der Waals surface area contributed by atoms with Crippen LogP contribution in [0, 0.1) is 0 Å². The lowest BCUT2D eigenvalue weighted by Crippen LogP contribution is -2.36. The highest BCUT2D eigenvalue weighted by Crippen LogP contribution is 2.27. The van der Waals surface area contributed by atoms with Gasteiger partial charge in [0.05, 0.1) is 12.8 Å². The second-order valence-corrected chi connectivity index (χ2v) is 5.10. The summed E-state index contributed by atoms with van der Waals surface area (Å²) in [7, 11) is 1.46. The molecule has 0 spiro atoms. The van der Waals surface area contributed by atoms with Crippen molar-refractivity contribution >= 4 is 35.1 Å². The second-order valence-electron chi connectivity index (χ2n) is 4.66. The second kappa shape index (κ2) is 7.13. The fourth-order valence-electron chi connectivity index (χ4n) is 1.99. The van der Waals surface area contributed by atoms with E-state index in [0.29, 0.717) is 22.9 Å². The van der Waals surface area contributed by atoms with E-state index in [9.17, 15) is 14.4 Å². The quantitative estimate of drug-likeness (QED) is 0.791. The van der Waals surface area contributed by atoms with E-state index in [-0.39, 0.29) is 12.3 Å². The minimum Gasteiger partial charge on any atom is -0.495 e. The van der Waals surface area contributed by atoms with Crippen molar-refractivity contribution < 1.29 is 23.9 Å². The Morgan fingerprint density at radius 3 is 2.86 bits per heavy atom. The van der Waals surface area contributed by atoms with E-state index in [2.05, 4.69) is 10.6 Å². The molecule has 8 heteroatoms. The Balaban J connectivity index is 1.87. The summed E-state index contributed by atoms with van der Waals surface area (Å²) in [6.07, 6.45) is 0.660. The van der Waals surface area contributed by atoms with Crippen LogP contribution in [0.15, 0.2) is 18.2 Å². The molecule has 1 saturated heterocycles. The van der Waals surface area contributed by atoms with Crippen LogP contribution in [0.2, 0.25) is 5.02 Å². The van der Waals surface area contributed by atoms with Crippen LogP contribution in [0.5, 0.6) is 5.75 Å². The highest BCUT2D eigenvalue weighted by Gasteiger charge is 2.28. The Morgan fingerprint density at radius 1 is 1.45 bits per heavy atom. The van der Waals surface area contributed by atoms with Gasteiger partial charge in [-0.2, -0.15) is 0 Å². The lowest BCUT2D eigenvalue weighted by molar-refractivity contribution is -0.149. The van der Waals surface area contributed by atoms with E-state index in [1.165, 1.54) is 13.2 Å². The van der Waals surface area contributed by atoms with E-state index in [1.807, 2.05) is 0 Å². The third-order valence-electron chi connectivity index (χ3n) is 3.06. The lowest BCUT2D eigenvalue weighted by atomic mass is 10.2. The van der Waals surface area contributed by atoms with Gasteiger partial charge in [-0.15, -0.1) is 0 Å². The molecule has 1 aromatic rings. The molecule has 0 bridgehead atoms. The number of rotatable bonds is 5. The van der Waals surface area contributed by atoms with Gasteiger partial charge >= 0.3 is 5.97 Å². The van der Waals surface area contributed by atoms with E-state index in [4.69, 9.17) is 21.1 Å². The third-order valence-corrected chi connectivity index (χ3v) is 3.30. The molecule has 0 saturated carbocycles. The molecule has 2 amide bonds. The number of hydrogen-bond donors (Lipinski definition) is 2. The summed E-state index contributed by atoms with van der Waals surface area (Å²) < 4.78 is 9.96. The monoisotopic (exact) mass is 326 g/mol. The van der Waals surface area contributed by atoms with Gasteiger partial charge in [0.2, 0.25) is 5.91 Å².